The molecule has 1 unspecified atom stereocenters. The molecule has 1 heterocycles. The fourth-order valence-electron chi connectivity index (χ4n) is 2.95. The van der Waals surface area contributed by atoms with Gasteiger partial charge in [-0.05, 0) is 51.5 Å². The third-order valence-electron chi connectivity index (χ3n) is 5.01. The summed E-state index contributed by atoms with van der Waals surface area (Å²) in [6.45, 7) is 8.50. The van der Waals surface area contributed by atoms with E-state index in [0.717, 1.165) is 28.4 Å². The van der Waals surface area contributed by atoms with Crippen molar-refractivity contribution in [2.24, 2.45) is 0 Å². The van der Waals surface area contributed by atoms with Crippen LogP contribution < -0.4 is 4.74 Å². The van der Waals surface area contributed by atoms with Gasteiger partial charge in [0.15, 0.2) is 0 Å². The number of hydrogen-bond acceptors (Lipinski definition) is 5. The minimum Gasteiger partial charge on any atom is -0.486 e. The molecule has 0 fully saturated rings. The predicted octanol–water partition coefficient (Wildman–Crippen LogP) is 5.33. The molecule has 1 atom stereocenters. The number of thiazole rings is 1. The first kappa shape index (κ1) is 22.5. The van der Waals surface area contributed by atoms with Crippen LogP contribution in [0, 0.1) is 13.8 Å². The minimum atomic E-state index is -3.61. The fraction of sp³-hybridized carbons (Fsp3) is 0.348. The van der Waals surface area contributed by atoms with Crippen LogP contribution in [0.15, 0.2) is 58.8 Å². The van der Waals surface area contributed by atoms with E-state index in [2.05, 4.69) is 4.98 Å². The van der Waals surface area contributed by atoms with Crippen LogP contribution >= 0.6 is 11.3 Å². The van der Waals surface area contributed by atoms with Gasteiger partial charge in [-0.2, -0.15) is 4.31 Å². The van der Waals surface area contributed by atoms with Crippen LogP contribution in [0.1, 0.15) is 42.1 Å². The number of nitrogens with zero attached hydrogens (tertiary/aromatic N) is 2. The lowest BCUT2D eigenvalue weighted by molar-refractivity contribution is 0.302. The van der Waals surface area contributed by atoms with E-state index in [9.17, 15) is 8.42 Å². The highest BCUT2D eigenvalue weighted by molar-refractivity contribution is 7.89. The molecule has 5 nitrogen and oxygen atoms in total. The van der Waals surface area contributed by atoms with E-state index in [0.29, 0.717) is 11.5 Å². The Labute approximate surface area is 183 Å². The summed E-state index contributed by atoms with van der Waals surface area (Å²) in [5, 5.41) is 2.73. The highest BCUT2D eigenvalue weighted by Gasteiger charge is 2.29. The Kier molecular flexibility index (Phi) is 7.28. The second kappa shape index (κ2) is 9.73. The van der Waals surface area contributed by atoms with E-state index in [-0.39, 0.29) is 12.6 Å². The lowest BCUT2D eigenvalue weighted by atomic mass is 10.2. The maximum Gasteiger partial charge on any atom is 0.243 e. The van der Waals surface area contributed by atoms with Crippen LogP contribution in [0.5, 0.6) is 5.75 Å². The van der Waals surface area contributed by atoms with Gasteiger partial charge < -0.3 is 4.74 Å². The van der Waals surface area contributed by atoms with Crippen LogP contribution in [0.4, 0.5) is 0 Å². The van der Waals surface area contributed by atoms with Crippen LogP contribution in [0.3, 0.4) is 0 Å². The van der Waals surface area contributed by atoms with Crippen LogP contribution in [0.25, 0.3) is 0 Å². The molecule has 30 heavy (non-hydrogen) atoms. The van der Waals surface area contributed by atoms with Gasteiger partial charge in [-0.1, -0.05) is 42.3 Å². The zero-order valence-corrected chi connectivity index (χ0v) is 19.5. The van der Waals surface area contributed by atoms with E-state index in [1.165, 1.54) is 21.2 Å². The summed E-state index contributed by atoms with van der Waals surface area (Å²) in [4.78, 5) is 4.92. The molecule has 0 saturated carbocycles. The molecule has 3 rings (SSSR count). The largest absolute Gasteiger partial charge is 0.486 e. The van der Waals surface area contributed by atoms with Crippen LogP contribution in [-0.4, -0.2) is 23.7 Å². The number of ether oxygens (including phenoxy) is 1. The number of aryl methyl sites for hydroxylation is 2. The van der Waals surface area contributed by atoms with Gasteiger partial charge >= 0.3 is 0 Å². The number of sulfonamides is 1. The Morgan fingerprint density at radius 1 is 1.03 bits per heavy atom. The normalized spacial score (nSPS) is 12.8. The van der Waals surface area contributed by atoms with Crippen LogP contribution in [0.2, 0.25) is 0 Å². The molecule has 0 bridgehead atoms. The Morgan fingerprint density at radius 2 is 1.63 bits per heavy atom. The van der Waals surface area contributed by atoms with Crippen molar-refractivity contribution in [1.82, 2.24) is 9.29 Å². The monoisotopic (exact) mass is 444 g/mol. The van der Waals surface area contributed by atoms with E-state index in [1.807, 2.05) is 69.5 Å². The summed E-state index contributed by atoms with van der Waals surface area (Å²) < 4.78 is 33.9. The van der Waals surface area contributed by atoms with Gasteiger partial charge in [0.25, 0.3) is 0 Å². The summed E-state index contributed by atoms with van der Waals surface area (Å²) in [5.41, 5.74) is 2.94. The molecule has 0 saturated heterocycles. The number of benzene rings is 2. The van der Waals surface area contributed by atoms with Crippen molar-refractivity contribution in [2.75, 3.05) is 0 Å². The van der Waals surface area contributed by atoms with E-state index in [4.69, 9.17) is 4.74 Å². The molecule has 7 heteroatoms. The van der Waals surface area contributed by atoms with Crippen molar-refractivity contribution < 1.29 is 13.2 Å². The van der Waals surface area contributed by atoms with Gasteiger partial charge in [-0.3, -0.25) is 0 Å². The van der Waals surface area contributed by atoms with E-state index >= 15 is 0 Å². The third-order valence-corrected chi connectivity index (χ3v) is 7.86. The first-order valence-corrected chi connectivity index (χ1v) is 12.3. The van der Waals surface area contributed by atoms with Crippen molar-refractivity contribution in [2.45, 2.75) is 58.2 Å². The Bertz CT molecular complexity index is 1060. The van der Waals surface area contributed by atoms with Crippen molar-refractivity contribution in [3.8, 4) is 5.75 Å². The minimum absolute atomic E-state index is 0.134. The summed E-state index contributed by atoms with van der Waals surface area (Å²) in [7, 11) is -3.61. The molecule has 1 aromatic heterocycles. The Morgan fingerprint density at radius 3 is 2.23 bits per heavy atom. The molecular weight excluding hydrogens is 416 g/mol. The molecule has 0 aliphatic heterocycles. The standard InChI is InChI=1S/C23H28N2O3S2/c1-5-19(4)25(30(26,27)22-12-8-18(3)9-13-22)14-20-16-29-23(24-20)15-28-21-10-6-17(2)7-11-21/h6-13,16,19H,5,14-15H2,1-4H3. The van der Waals surface area contributed by atoms with E-state index in [1.54, 1.807) is 12.1 Å². The molecule has 0 aliphatic rings. The summed E-state index contributed by atoms with van der Waals surface area (Å²) in [6.07, 6.45) is 0.721. The van der Waals surface area contributed by atoms with Gasteiger partial charge in [0.1, 0.15) is 17.4 Å². The summed E-state index contributed by atoms with van der Waals surface area (Å²) in [6, 6.07) is 14.7. The molecular formula is C23H28N2O3S2. The van der Waals surface area contributed by atoms with Gasteiger partial charge in [0.2, 0.25) is 10.0 Å². The molecule has 3 aromatic rings. The molecule has 160 valence electrons. The number of hydrogen-bond donors (Lipinski definition) is 0. The predicted molar refractivity (Wildman–Crippen MR) is 121 cm³/mol. The van der Waals surface area contributed by atoms with E-state index < -0.39 is 10.0 Å². The number of rotatable bonds is 9. The topological polar surface area (TPSA) is 59.5 Å². The first-order chi connectivity index (χ1) is 14.3. The number of aromatic nitrogens is 1. The van der Waals surface area contributed by atoms with Crippen molar-refractivity contribution in [3.63, 3.8) is 0 Å². The Balaban J connectivity index is 1.74. The first-order valence-electron chi connectivity index (χ1n) is 10.0. The highest BCUT2D eigenvalue weighted by atomic mass is 32.2. The quantitative estimate of drug-likeness (QED) is 0.448. The van der Waals surface area contributed by atoms with Gasteiger partial charge in [0, 0.05) is 11.4 Å². The lowest BCUT2D eigenvalue weighted by Crippen LogP contribution is -2.37. The summed E-state index contributed by atoms with van der Waals surface area (Å²) in [5.74, 6) is 0.792. The lowest BCUT2D eigenvalue weighted by Gasteiger charge is -2.27. The second-order valence-corrected chi connectivity index (χ2v) is 10.3. The second-order valence-electron chi connectivity index (χ2n) is 7.45. The average Bonchev–Trinajstić information content (AvgIpc) is 3.19. The average molecular weight is 445 g/mol. The summed E-state index contributed by atoms with van der Waals surface area (Å²) >= 11 is 1.48. The fourth-order valence-corrected chi connectivity index (χ4v) is 5.33. The van der Waals surface area contributed by atoms with Crippen molar-refractivity contribution >= 4 is 21.4 Å². The molecule has 0 aliphatic carbocycles. The SMILES string of the molecule is CCC(C)N(Cc1csc(COc2ccc(C)cc2)n1)S(=O)(=O)c1ccc(C)cc1. The molecule has 0 amide bonds. The van der Waals surface area contributed by atoms with Gasteiger partial charge in [0.05, 0.1) is 17.1 Å². The van der Waals surface area contributed by atoms with Gasteiger partial charge in [-0.15, -0.1) is 11.3 Å². The molecule has 0 N–H and O–H groups in total. The molecule has 0 radical (unpaired) electrons. The van der Waals surface area contributed by atoms with Gasteiger partial charge in [-0.25, -0.2) is 13.4 Å². The zero-order chi connectivity index (χ0) is 21.7. The maximum atomic E-state index is 13.3. The van der Waals surface area contributed by atoms with Crippen molar-refractivity contribution in [1.29, 1.82) is 0 Å². The highest BCUT2D eigenvalue weighted by Crippen LogP contribution is 2.24. The zero-order valence-electron chi connectivity index (χ0n) is 17.8. The van der Waals surface area contributed by atoms with Crippen LogP contribution in [-0.2, 0) is 23.2 Å². The Hall–Kier alpha value is -2.22. The third kappa shape index (κ3) is 5.47. The smallest absolute Gasteiger partial charge is 0.243 e. The maximum absolute atomic E-state index is 13.3. The molecule has 2 aromatic carbocycles. The van der Waals surface area contributed by atoms with Crippen molar-refractivity contribution in [3.05, 3.63) is 75.7 Å². The molecule has 0 spiro atoms.